The third-order valence-corrected chi connectivity index (χ3v) is 4.67. The summed E-state index contributed by atoms with van der Waals surface area (Å²) in [6.07, 6.45) is 5.42. The van der Waals surface area contributed by atoms with Gasteiger partial charge in [-0.3, -0.25) is 9.59 Å². The quantitative estimate of drug-likeness (QED) is 0.643. The SMILES string of the molecule is CC1=C(C(=O)C(C)(C)C)CC1.CC1=C(C(=O)C(C)(C)C)CCC1. The van der Waals surface area contributed by atoms with Gasteiger partial charge in [-0.15, -0.1) is 0 Å². The molecule has 0 unspecified atom stereocenters. The number of Topliss-reactive ketones (excluding diaryl/α,β-unsaturated/α-hetero) is 2. The summed E-state index contributed by atoms with van der Waals surface area (Å²) in [6, 6.07) is 0. The van der Waals surface area contributed by atoms with Crippen LogP contribution in [-0.4, -0.2) is 11.6 Å². The van der Waals surface area contributed by atoms with Crippen molar-refractivity contribution in [2.45, 2.75) is 87.5 Å². The van der Waals surface area contributed by atoms with Crippen molar-refractivity contribution in [2.75, 3.05) is 0 Å². The Kier molecular flexibility index (Phi) is 6.18. The fourth-order valence-corrected chi connectivity index (χ4v) is 2.91. The molecule has 2 aliphatic rings. The molecule has 0 spiro atoms. The van der Waals surface area contributed by atoms with Crippen LogP contribution in [0.25, 0.3) is 0 Å². The van der Waals surface area contributed by atoms with Crippen molar-refractivity contribution in [2.24, 2.45) is 10.8 Å². The lowest BCUT2D eigenvalue weighted by Crippen LogP contribution is -2.25. The smallest absolute Gasteiger partial charge is 0.164 e. The first-order valence-corrected chi connectivity index (χ1v) is 8.82. The van der Waals surface area contributed by atoms with Crippen LogP contribution in [0.15, 0.2) is 22.3 Å². The molecule has 0 saturated heterocycles. The third-order valence-electron chi connectivity index (χ3n) is 4.67. The Bertz CT molecular complexity index is 545. The van der Waals surface area contributed by atoms with Crippen molar-refractivity contribution < 1.29 is 9.59 Å². The topological polar surface area (TPSA) is 34.1 Å². The Morgan fingerprint density at radius 3 is 1.22 bits per heavy atom. The molecule has 0 saturated carbocycles. The van der Waals surface area contributed by atoms with Crippen LogP contribution in [0.2, 0.25) is 0 Å². The fourth-order valence-electron chi connectivity index (χ4n) is 2.91. The Morgan fingerprint density at radius 2 is 1.04 bits per heavy atom. The molecule has 0 N–H and O–H groups in total. The summed E-state index contributed by atoms with van der Waals surface area (Å²) in [4.78, 5) is 23.4. The second-order valence-electron chi connectivity index (χ2n) is 9.03. The van der Waals surface area contributed by atoms with Crippen molar-refractivity contribution >= 4 is 11.6 Å². The lowest BCUT2D eigenvalue weighted by molar-refractivity contribution is -0.123. The third kappa shape index (κ3) is 5.16. The second-order valence-corrected chi connectivity index (χ2v) is 9.03. The first kappa shape index (κ1) is 19.9. The predicted molar refractivity (Wildman–Crippen MR) is 97.4 cm³/mol. The van der Waals surface area contributed by atoms with Gasteiger partial charge in [-0.05, 0) is 57.1 Å². The molecule has 2 heteroatoms. The van der Waals surface area contributed by atoms with Crippen molar-refractivity contribution in [3.63, 3.8) is 0 Å². The van der Waals surface area contributed by atoms with Gasteiger partial charge in [-0.25, -0.2) is 0 Å². The molecule has 0 atom stereocenters. The van der Waals surface area contributed by atoms with E-state index in [2.05, 4.69) is 13.8 Å². The van der Waals surface area contributed by atoms with Crippen LogP contribution in [0, 0.1) is 10.8 Å². The average Bonchev–Trinajstić information content (AvgIpc) is 2.80. The zero-order chi connectivity index (χ0) is 18.0. The highest BCUT2D eigenvalue weighted by atomic mass is 16.1. The molecule has 0 heterocycles. The monoisotopic (exact) mass is 318 g/mol. The Hall–Kier alpha value is -1.18. The van der Waals surface area contributed by atoms with E-state index in [-0.39, 0.29) is 10.8 Å². The van der Waals surface area contributed by atoms with Crippen molar-refractivity contribution in [1.82, 2.24) is 0 Å². The average molecular weight is 319 g/mol. The Labute approximate surface area is 142 Å². The largest absolute Gasteiger partial charge is 0.294 e. The maximum atomic E-state index is 11.8. The van der Waals surface area contributed by atoms with E-state index in [0.717, 1.165) is 36.8 Å². The van der Waals surface area contributed by atoms with Crippen LogP contribution in [-0.2, 0) is 9.59 Å². The van der Waals surface area contributed by atoms with Gasteiger partial charge in [-0.2, -0.15) is 0 Å². The van der Waals surface area contributed by atoms with E-state index in [9.17, 15) is 9.59 Å². The van der Waals surface area contributed by atoms with Gasteiger partial charge in [0.2, 0.25) is 0 Å². The zero-order valence-electron chi connectivity index (χ0n) is 16.4. The Morgan fingerprint density at radius 1 is 0.652 bits per heavy atom. The molecule has 0 bridgehead atoms. The van der Waals surface area contributed by atoms with Gasteiger partial charge in [0.1, 0.15) is 0 Å². The molecule has 0 aromatic carbocycles. The minimum absolute atomic E-state index is 0.184. The highest BCUT2D eigenvalue weighted by molar-refractivity contribution is 6.01. The number of hydrogen-bond donors (Lipinski definition) is 0. The molecular weight excluding hydrogens is 284 g/mol. The predicted octanol–water partition coefficient (Wildman–Crippen LogP) is 5.81. The van der Waals surface area contributed by atoms with E-state index in [1.807, 2.05) is 41.5 Å². The van der Waals surface area contributed by atoms with Gasteiger partial charge in [0.25, 0.3) is 0 Å². The molecule has 2 aliphatic carbocycles. The first-order chi connectivity index (χ1) is 10.4. The number of carbonyl (C=O) groups excluding carboxylic acids is 2. The van der Waals surface area contributed by atoms with Gasteiger partial charge in [0, 0.05) is 10.8 Å². The van der Waals surface area contributed by atoms with E-state index in [1.165, 1.54) is 17.6 Å². The maximum absolute atomic E-state index is 11.8. The van der Waals surface area contributed by atoms with Crippen LogP contribution in [0.4, 0.5) is 0 Å². The minimum Gasteiger partial charge on any atom is -0.294 e. The van der Waals surface area contributed by atoms with Crippen LogP contribution in [0.3, 0.4) is 0 Å². The normalized spacial score (nSPS) is 18.4. The van der Waals surface area contributed by atoms with Crippen molar-refractivity contribution in [1.29, 1.82) is 0 Å². The molecule has 2 rings (SSSR count). The lowest BCUT2D eigenvalue weighted by atomic mass is 9.77. The van der Waals surface area contributed by atoms with Gasteiger partial charge in [0.05, 0.1) is 0 Å². The van der Waals surface area contributed by atoms with Crippen LogP contribution in [0.5, 0.6) is 0 Å². The summed E-state index contributed by atoms with van der Waals surface area (Å²) in [5.41, 5.74) is 4.41. The van der Waals surface area contributed by atoms with Crippen LogP contribution in [0.1, 0.15) is 87.5 Å². The molecular formula is C21H34O2. The van der Waals surface area contributed by atoms with Crippen molar-refractivity contribution in [3.05, 3.63) is 22.3 Å². The number of rotatable bonds is 2. The van der Waals surface area contributed by atoms with E-state index in [0.29, 0.717) is 11.6 Å². The molecule has 0 amide bonds. The summed E-state index contributed by atoms with van der Waals surface area (Å²) in [5, 5.41) is 0. The van der Waals surface area contributed by atoms with Crippen LogP contribution >= 0.6 is 0 Å². The fraction of sp³-hybridized carbons (Fsp3) is 0.714. The van der Waals surface area contributed by atoms with Crippen LogP contribution < -0.4 is 0 Å². The van der Waals surface area contributed by atoms with E-state index in [4.69, 9.17) is 0 Å². The molecule has 0 aromatic heterocycles. The van der Waals surface area contributed by atoms with E-state index >= 15 is 0 Å². The number of hydrogen-bond acceptors (Lipinski definition) is 2. The Balaban J connectivity index is 0.000000231. The highest BCUT2D eigenvalue weighted by Crippen LogP contribution is 2.33. The summed E-state index contributed by atoms with van der Waals surface area (Å²) >= 11 is 0. The lowest BCUT2D eigenvalue weighted by Gasteiger charge is -2.26. The minimum atomic E-state index is -0.194. The summed E-state index contributed by atoms with van der Waals surface area (Å²) in [7, 11) is 0. The van der Waals surface area contributed by atoms with Gasteiger partial charge < -0.3 is 0 Å². The van der Waals surface area contributed by atoms with Gasteiger partial charge >= 0.3 is 0 Å². The highest BCUT2D eigenvalue weighted by Gasteiger charge is 2.29. The van der Waals surface area contributed by atoms with Gasteiger partial charge in [0.15, 0.2) is 11.6 Å². The van der Waals surface area contributed by atoms with E-state index in [1.54, 1.807) is 0 Å². The molecule has 130 valence electrons. The second kappa shape index (κ2) is 7.15. The summed E-state index contributed by atoms with van der Waals surface area (Å²) < 4.78 is 0. The molecule has 23 heavy (non-hydrogen) atoms. The molecule has 2 nitrogen and oxygen atoms in total. The number of carbonyl (C=O) groups is 2. The zero-order valence-corrected chi connectivity index (χ0v) is 16.4. The first-order valence-electron chi connectivity index (χ1n) is 8.82. The van der Waals surface area contributed by atoms with E-state index < -0.39 is 0 Å². The number of ketones is 2. The summed E-state index contributed by atoms with van der Waals surface area (Å²) in [5.74, 6) is 0.679. The molecule has 0 aliphatic heterocycles. The molecule has 0 fully saturated rings. The standard InChI is InChI=1S/C11H18O.C10H16O/c1-8-6-5-7-9(8)10(12)11(2,3)4;1-7-5-6-8(7)9(11)10(2,3)4/h5-7H2,1-4H3;5-6H2,1-4H3. The molecule has 0 aromatic rings. The number of allylic oxidation sites excluding steroid dienone is 4. The van der Waals surface area contributed by atoms with Gasteiger partial charge in [-0.1, -0.05) is 52.7 Å². The summed E-state index contributed by atoms with van der Waals surface area (Å²) in [6.45, 7) is 16.1. The molecule has 0 radical (unpaired) electrons. The van der Waals surface area contributed by atoms with Crippen molar-refractivity contribution in [3.8, 4) is 0 Å². The maximum Gasteiger partial charge on any atom is 0.164 e.